The van der Waals surface area contributed by atoms with Gasteiger partial charge in [-0.1, -0.05) is 56.7 Å². The zero-order valence-corrected chi connectivity index (χ0v) is 17.1. The summed E-state index contributed by atoms with van der Waals surface area (Å²) in [6.07, 6.45) is 2.33. The van der Waals surface area contributed by atoms with E-state index in [4.69, 9.17) is 0 Å². The van der Waals surface area contributed by atoms with Crippen molar-refractivity contribution < 1.29 is 53.8 Å². The maximum atomic E-state index is 2.22. The Kier molecular flexibility index (Phi) is 29.6. The van der Waals surface area contributed by atoms with Gasteiger partial charge >= 0.3 is 0 Å². The molecule has 1 aromatic carbocycles. The van der Waals surface area contributed by atoms with Crippen molar-refractivity contribution in [3.05, 3.63) is 49.2 Å². The quantitative estimate of drug-likeness (QED) is 0.568. The smallest absolute Gasteiger partial charge is 0 e. The molecule has 0 unspecified atom stereocenters. The van der Waals surface area contributed by atoms with Crippen molar-refractivity contribution in [3.8, 4) is 0 Å². The summed E-state index contributed by atoms with van der Waals surface area (Å²) >= 11 is 0. The van der Waals surface area contributed by atoms with E-state index in [2.05, 4.69) is 44.2 Å². The van der Waals surface area contributed by atoms with E-state index in [1.807, 2.05) is 13.8 Å². The van der Waals surface area contributed by atoms with E-state index < -0.39 is 0 Å². The van der Waals surface area contributed by atoms with Gasteiger partial charge in [-0.3, -0.25) is 0 Å². The average Bonchev–Trinajstić information content (AvgIpc) is 2.22. The minimum absolute atomic E-state index is 0. The summed E-state index contributed by atoms with van der Waals surface area (Å²) in [5.74, 6) is 1.55. The molecule has 2 heteroatoms. The molecular weight excluding hydrogens is 441 g/mol. The molecule has 16 heavy (non-hydrogen) atoms. The fourth-order valence-corrected chi connectivity index (χ4v) is 1.07. The second-order valence-electron chi connectivity index (χ2n) is 2.97. The van der Waals surface area contributed by atoms with E-state index >= 15 is 0 Å². The van der Waals surface area contributed by atoms with Crippen molar-refractivity contribution >= 4 is 0 Å². The topological polar surface area (TPSA) is 0 Å². The van der Waals surface area contributed by atoms with Gasteiger partial charge in [0.05, 0.1) is 0 Å². The molecule has 0 bridgehead atoms. The maximum Gasteiger partial charge on any atom is 0 e. The van der Waals surface area contributed by atoms with E-state index in [-0.39, 0.29) is 61.2 Å². The van der Waals surface area contributed by atoms with Gasteiger partial charge in [-0.05, 0) is 0 Å². The van der Waals surface area contributed by atoms with Crippen LogP contribution >= 0.6 is 0 Å². The standard InChI is InChI=1S/C11H15.C2H6.CH3.W.Y/c1-3-10(2)9-11-7-5-4-6-8-11;1-2;;;/h4-8H,3,9H2,1-2H3;1-2H3;1H3;;/q-1;;-1;;. The summed E-state index contributed by atoms with van der Waals surface area (Å²) in [4.78, 5) is 0. The van der Waals surface area contributed by atoms with Crippen molar-refractivity contribution in [3.63, 3.8) is 0 Å². The molecule has 91 valence electrons. The second kappa shape index (κ2) is 18.4. The zero-order chi connectivity index (χ0) is 10.1. The molecule has 0 spiro atoms. The van der Waals surface area contributed by atoms with Crippen LogP contribution in [0.3, 0.4) is 0 Å². The van der Waals surface area contributed by atoms with Gasteiger partial charge in [-0.2, -0.15) is 19.8 Å². The Labute approximate surface area is 142 Å². The predicted molar refractivity (Wildman–Crippen MR) is 67.1 cm³/mol. The normalized spacial score (nSPS) is 7.56. The van der Waals surface area contributed by atoms with Crippen molar-refractivity contribution in [1.82, 2.24) is 0 Å². The summed E-state index contributed by atoms with van der Waals surface area (Å²) in [6, 6.07) is 10.6. The van der Waals surface area contributed by atoms with Crippen LogP contribution in [0.1, 0.15) is 39.7 Å². The van der Waals surface area contributed by atoms with Crippen molar-refractivity contribution in [2.45, 2.75) is 40.5 Å². The molecule has 0 saturated heterocycles. The molecule has 1 rings (SSSR count). The van der Waals surface area contributed by atoms with Gasteiger partial charge in [-0.25, -0.2) is 0 Å². The molecule has 0 saturated carbocycles. The van der Waals surface area contributed by atoms with Crippen LogP contribution in [0.5, 0.6) is 0 Å². The Morgan fingerprint density at radius 1 is 1.06 bits per heavy atom. The van der Waals surface area contributed by atoms with Gasteiger partial charge in [-0.15, -0.1) is 0 Å². The fraction of sp³-hybridized carbons (Fsp3) is 0.429. The molecule has 0 N–H and O–H groups in total. The van der Waals surface area contributed by atoms with Crippen LogP contribution in [-0.4, -0.2) is 0 Å². The van der Waals surface area contributed by atoms with Gasteiger partial charge in [0.15, 0.2) is 0 Å². The number of hydrogen-bond donors (Lipinski definition) is 0. The Morgan fingerprint density at radius 3 is 1.88 bits per heavy atom. The summed E-state index contributed by atoms with van der Waals surface area (Å²) in [5.41, 5.74) is 1.42. The Bertz CT molecular complexity index is 199. The van der Waals surface area contributed by atoms with Crippen LogP contribution < -0.4 is 0 Å². The minimum atomic E-state index is 0. The average molecular weight is 465 g/mol. The summed E-state index contributed by atoms with van der Waals surface area (Å²) < 4.78 is 0. The van der Waals surface area contributed by atoms with Crippen LogP contribution in [0.4, 0.5) is 0 Å². The van der Waals surface area contributed by atoms with Gasteiger partial charge < -0.3 is 13.3 Å². The van der Waals surface area contributed by atoms with Crippen LogP contribution in [0.15, 0.2) is 30.3 Å². The van der Waals surface area contributed by atoms with Gasteiger partial charge in [0.1, 0.15) is 0 Å². The Hall–Kier alpha value is 1.01. The first-order valence-electron chi connectivity index (χ1n) is 5.18. The SMILES string of the molecule is CC.CC[C-](C)Cc1ccccc1.[CH3-].[W].[Y]. The predicted octanol–water partition coefficient (Wildman–Crippen LogP) is 4.70. The van der Waals surface area contributed by atoms with E-state index in [0.717, 1.165) is 6.42 Å². The molecule has 0 amide bonds. The largest absolute Gasteiger partial charge is 0.358 e. The number of benzene rings is 1. The molecular formula is C14H24WY-2. The van der Waals surface area contributed by atoms with E-state index in [1.54, 1.807) is 5.92 Å². The number of hydrogen-bond acceptors (Lipinski definition) is 0. The second-order valence-corrected chi connectivity index (χ2v) is 2.97. The molecule has 0 heterocycles. The van der Waals surface area contributed by atoms with Gasteiger partial charge in [0, 0.05) is 53.8 Å². The summed E-state index contributed by atoms with van der Waals surface area (Å²) in [5, 5.41) is 0. The molecule has 1 radical (unpaired) electrons. The Morgan fingerprint density at radius 2 is 1.50 bits per heavy atom. The summed E-state index contributed by atoms with van der Waals surface area (Å²) in [7, 11) is 0. The van der Waals surface area contributed by atoms with E-state index in [0.29, 0.717) is 0 Å². The van der Waals surface area contributed by atoms with Gasteiger partial charge in [0.2, 0.25) is 0 Å². The van der Waals surface area contributed by atoms with Crippen LogP contribution in [0.25, 0.3) is 0 Å². The molecule has 0 aliphatic carbocycles. The molecule has 0 aliphatic rings. The molecule has 0 nitrogen and oxygen atoms in total. The molecule has 0 aliphatic heterocycles. The number of rotatable bonds is 3. The third-order valence-corrected chi connectivity index (χ3v) is 1.95. The first-order valence-corrected chi connectivity index (χ1v) is 5.18. The van der Waals surface area contributed by atoms with Gasteiger partial charge in [0.25, 0.3) is 0 Å². The molecule has 0 aromatic heterocycles. The van der Waals surface area contributed by atoms with Crippen molar-refractivity contribution in [2.24, 2.45) is 0 Å². The van der Waals surface area contributed by atoms with Crippen LogP contribution in [0, 0.1) is 13.3 Å². The summed E-state index contributed by atoms with van der Waals surface area (Å²) in [6.45, 7) is 8.42. The molecule has 0 fully saturated rings. The third-order valence-electron chi connectivity index (χ3n) is 1.95. The maximum absolute atomic E-state index is 2.22. The van der Waals surface area contributed by atoms with E-state index in [9.17, 15) is 0 Å². The van der Waals surface area contributed by atoms with Crippen molar-refractivity contribution in [2.75, 3.05) is 0 Å². The first kappa shape index (κ1) is 25.8. The van der Waals surface area contributed by atoms with Crippen LogP contribution in [0.2, 0.25) is 0 Å². The van der Waals surface area contributed by atoms with Crippen molar-refractivity contribution in [1.29, 1.82) is 0 Å². The molecule has 1 aromatic rings. The van der Waals surface area contributed by atoms with E-state index in [1.165, 1.54) is 12.0 Å². The molecule has 0 atom stereocenters. The zero-order valence-electron chi connectivity index (χ0n) is 11.3. The fourth-order valence-electron chi connectivity index (χ4n) is 1.07. The Balaban J connectivity index is -0.000000136. The van der Waals surface area contributed by atoms with Crippen LogP contribution in [-0.2, 0) is 60.2 Å². The first-order chi connectivity index (χ1) is 6.33. The minimum Gasteiger partial charge on any atom is -0.358 e. The third kappa shape index (κ3) is 13.1. The monoisotopic (exact) mass is 465 g/mol.